The highest BCUT2D eigenvalue weighted by molar-refractivity contribution is 5.88. The molecule has 39 heavy (non-hydrogen) atoms. The second kappa shape index (κ2) is 21.8. The van der Waals surface area contributed by atoms with Crippen molar-refractivity contribution in [2.75, 3.05) is 59.3 Å². The molecule has 12 heteroatoms. The Morgan fingerprint density at radius 3 is 2.46 bits per heavy atom. The Morgan fingerprint density at radius 2 is 1.87 bits per heavy atom. The lowest BCUT2D eigenvalue weighted by molar-refractivity contribution is -0.137. The maximum absolute atomic E-state index is 14.1. The number of aliphatic imine (C=N–C) groups is 2. The second-order valence-corrected chi connectivity index (χ2v) is 7.81. The van der Waals surface area contributed by atoms with Gasteiger partial charge in [0.15, 0.2) is 0 Å². The summed E-state index contributed by atoms with van der Waals surface area (Å²) in [6, 6.07) is 4.89. The zero-order valence-corrected chi connectivity index (χ0v) is 23.6. The van der Waals surface area contributed by atoms with Crippen LogP contribution in [0.25, 0.3) is 0 Å². The summed E-state index contributed by atoms with van der Waals surface area (Å²) in [4.78, 5) is 10.0. The van der Waals surface area contributed by atoms with Crippen molar-refractivity contribution in [1.29, 1.82) is 0 Å². The van der Waals surface area contributed by atoms with Crippen LogP contribution in [0.5, 0.6) is 0 Å². The maximum atomic E-state index is 14.1. The maximum Gasteiger partial charge on any atom is 0.416 e. The molecule has 0 amide bonds. The number of hydrazone groups is 1. The second-order valence-electron chi connectivity index (χ2n) is 7.81. The van der Waals surface area contributed by atoms with Gasteiger partial charge in [-0.2, -0.15) is 18.3 Å². The number of hydrogen-bond acceptors (Lipinski definition) is 6. The predicted octanol–water partition coefficient (Wildman–Crippen LogP) is 5.13. The van der Waals surface area contributed by atoms with Crippen LogP contribution in [-0.2, 0) is 10.9 Å². The van der Waals surface area contributed by atoms with E-state index < -0.39 is 17.9 Å². The molecule has 1 aromatic carbocycles. The lowest BCUT2D eigenvalue weighted by Gasteiger charge is -2.26. The molecule has 1 atom stereocenters. The van der Waals surface area contributed by atoms with Crippen LogP contribution in [-0.4, -0.2) is 83.5 Å². The quantitative estimate of drug-likeness (QED) is 0.122. The van der Waals surface area contributed by atoms with Gasteiger partial charge in [-0.3, -0.25) is 9.89 Å². The molecule has 1 heterocycles. The summed E-state index contributed by atoms with van der Waals surface area (Å²) in [5.74, 6) is 0.153. The molecule has 0 spiro atoms. The molecule has 1 aromatic rings. The number of rotatable bonds is 10. The Morgan fingerprint density at radius 1 is 1.21 bits per heavy atom. The van der Waals surface area contributed by atoms with Crippen molar-refractivity contribution >= 4 is 24.1 Å². The minimum absolute atomic E-state index is 0.153. The molecule has 1 fully saturated rings. The molecule has 1 aliphatic heterocycles. The number of halogens is 4. The van der Waals surface area contributed by atoms with E-state index in [1.807, 2.05) is 27.9 Å². The highest BCUT2D eigenvalue weighted by Crippen LogP contribution is 2.30. The number of anilines is 1. The van der Waals surface area contributed by atoms with Crippen molar-refractivity contribution < 1.29 is 22.3 Å². The normalized spacial score (nSPS) is 15.7. The zero-order chi connectivity index (χ0) is 29.5. The highest BCUT2D eigenvalue weighted by Gasteiger charge is 2.30. The highest BCUT2D eigenvalue weighted by atomic mass is 19.4. The summed E-state index contributed by atoms with van der Waals surface area (Å²) >= 11 is 0. The van der Waals surface area contributed by atoms with Crippen molar-refractivity contribution in [3.63, 3.8) is 0 Å². The van der Waals surface area contributed by atoms with Crippen LogP contribution < -0.4 is 16.1 Å². The molecule has 0 aromatic heterocycles. The molecular weight excluding hydrogens is 514 g/mol. The van der Waals surface area contributed by atoms with Crippen molar-refractivity contribution in [3.8, 4) is 0 Å². The summed E-state index contributed by atoms with van der Waals surface area (Å²) < 4.78 is 57.9. The van der Waals surface area contributed by atoms with E-state index >= 15 is 0 Å². The molecule has 0 aliphatic carbocycles. The Balaban J connectivity index is 0.00000269. The van der Waals surface area contributed by atoms with Crippen molar-refractivity contribution in [2.45, 2.75) is 39.0 Å². The summed E-state index contributed by atoms with van der Waals surface area (Å²) in [5, 5.41) is 9.61. The summed E-state index contributed by atoms with van der Waals surface area (Å²) in [7, 11) is 5.25. The van der Waals surface area contributed by atoms with E-state index in [0.29, 0.717) is 44.0 Å². The molecule has 1 aliphatic rings. The molecule has 3 N–H and O–H groups in total. The number of alkyl halides is 4. The number of allylic oxidation sites excluding steroid dienone is 2. The number of ether oxygens (including phenoxy) is 1. The van der Waals surface area contributed by atoms with Crippen LogP contribution in [0.4, 0.5) is 23.2 Å². The van der Waals surface area contributed by atoms with Crippen LogP contribution in [0.2, 0.25) is 0 Å². The standard InChI is InChI=1S/C23H30F4N6O.C2H7N.C2H6/c1-3-20(31-21-7-4-6-18(16-21)23(25,26)27)8-5-10-30-32-22(28-2)29-17-19(24)9-11-33-12-14-34-15-13-33;1-3-2;1-2/h3-4,6-8,10,16-17,19,31H,1,5,9,11-15H2,2H3,(H,28,32);3H,1-2H3;1-2H3/b20-8+,29-17-,30-10-;;. The van der Waals surface area contributed by atoms with Crippen LogP contribution in [0, 0.1) is 0 Å². The first-order chi connectivity index (χ1) is 18.7. The lowest BCUT2D eigenvalue weighted by Crippen LogP contribution is -2.37. The number of guanidine groups is 1. The van der Waals surface area contributed by atoms with E-state index in [1.165, 1.54) is 37.7 Å². The van der Waals surface area contributed by atoms with Gasteiger partial charge in [-0.1, -0.05) is 32.6 Å². The van der Waals surface area contributed by atoms with Gasteiger partial charge in [0, 0.05) is 56.9 Å². The summed E-state index contributed by atoms with van der Waals surface area (Å²) in [5.41, 5.74) is 2.70. The number of nitrogens with zero attached hydrogens (tertiary/aromatic N) is 4. The summed E-state index contributed by atoms with van der Waals surface area (Å²) in [6.07, 6.45) is 0.967. The summed E-state index contributed by atoms with van der Waals surface area (Å²) in [6.45, 7) is 11.2. The Labute approximate surface area is 230 Å². The minimum Gasteiger partial charge on any atom is -0.379 e. The van der Waals surface area contributed by atoms with Crippen LogP contribution in [0.3, 0.4) is 0 Å². The number of hydrogen-bond donors (Lipinski definition) is 3. The first-order valence-corrected chi connectivity index (χ1v) is 12.8. The average Bonchev–Trinajstić information content (AvgIpc) is 2.94. The van der Waals surface area contributed by atoms with E-state index in [4.69, 9.17) is 4.74 Å². The zero-order valence-electron chi connectivity index (χ0n) is 23.6. The van der Waals surface area contributed by atoms with E-state index in [1.54, 1.807) is 6.08 Å². The molecular formula is C27H43F4N7O. The van der Waals surface area contributed by atoms with Crippen molar-refractivity contribution in [1.82, 2.24) is 15.6 Å². The van der Waals surface area contributed by atoms with Gasteiger partial charge in [-0.15, -0.1) is 0 Å². The van der Waals surface area contributed by atoms with Crippen LogP contribution in [0.15, 0.2) is 63.8 Å². The predicted molar refractivity (Wildman–Crippen MR) is 155 cm³/mol. The fourth-order valence-electron chi connectivity index (χ4n) is 2.95. The first kappa shape index (κ1) is 35.9. The molecule has 0 radical (unpaired) electrons. The fraction of sp³-hybridized carbons (Fsp3) is 0.519. The van der Waals surface area contributed by atoms with E-state index in [-0.39, 0.29) is 5.96 Å². The van der Waals surface area contributed by atoms with Gasteiger partial charge in [0.1, 0.15) is 6.17 Å². The smallest absolute Gasteiger partial charge is 0.379 e. The Hall–Kier alpha value is -3.09. The number of benzene rings is 1. The topological polar surface area (TPSA) is 85.6 Å². The minimum atomic E-state index is -4.42. The molecule has 220 valence electrons. The fourth-order valence-corrected chi connectivity index (χ4v) is 2.95. The van der Waals surface area contributed by atoms with E-state index in [2.05, 4.69) is 42.6 Å². The van der Waals surface area contributed by atoms with Gasteiger partial charge >= 0.3 is 6.18 Å². The van der Waals surface area contributed by atoms with Crippen LogP contribution >= 0.6 is 0 Å². The van der Waals surface area contributed by atoms with Gasteiger partial charge in [0.25, 0.3) is 0 Å². The third-order valence-electron chi connectivity index (χ3n) is 4.79. The molecule has 0 bridgehead atoms. The lowest BCUT2D eigenvalue weighted by atomic mass is 10.2. The van der Waals surface area contributed by atoms with E-state index in [9.17, 15) is 17.6 Å². The monoisotopic (exact) mass is 557 g/mol. The SMILES string of the molecule is C=C/C(=C\C/C=N\NC(=NC)/N=C\C(F)CCN1CCOCC1)Nc1cccc(C(F)(F)F)c1.CC.CNC. The third-order valence-corrected chi connectivity index (χ3v) is 4.79. The van der Waals surface area contributed by atoms with Crippen molar-refractivity contribution in [2.24, 2.45) is 15.1 Å². The largest absolute Gasteiger partial charge is 0.416 e. The Kier molecular flexibility index (Phi) is 20.1. The van der Waals surface area contributed by atoms with E-state index in [0.717, 1.165) is 25.2 Å². The van der Waals surface area contributed by atoms with Gasteiger partial charge in [-0.25, -0.2) is 14.8 Å². The van der Waals surface area contributed by atoms with Crippen LogP contribution in [0.1, 0.15) is 32.3 Å². The van der Waals surface area contributed by atoms with Crippen molar-refractivity contribution in [3.05, 3.63) is 54.3 Å². The van der Waals surface area contributed by atoms with Gasteiger partial charge < -0.3 is 15.4 Å². The molecule has 2 rings (SSSR count). The molecule has 0 saturated carbocycles. The number of nitrogens with one attached hydrogen (secondary N) is 3. The van der Waals surface area contributed by atoms with Gasteiger partial charge in [-0.05, 0) is 44.8 Å². The Bertz CT molecular complexity index is 912. The average molecular weight is 558 g/mol. The number of morpholine rings is 1. The molecule has 1 unspecified atom stereocenters. The third kappa shape index (κ3) is 17.2. The first-order valence-electron chi connectivity index (χ1n) is 12.8. The molecule has 1 saturated heterocycles. The van der Waals surface area contributed by atoms with Gasteiger partial charge in [0.05, 0.1) is 18.8 Å². The molecule has 8 nitrogen and oxygen atoms in total. The van der Waals surface area contributed by atoms with Gasteiger partial charge in [0.2, 0.25) is 5.96 Å².